The van der Waals surface area contributed by atoms with Crippen LogP contribution in [0.15, 0.2) is 12.1 Å². The number of rotatable bonds is 3. The van der Waals surface area contributed by atoms with Crippen molar-refractivity contribution in [1.82, 2.24) is 0 Å². The number of carbonyl (C=O) groups is 1. The van der Waals surface area contributed by atoms with Crippen molar-refractivity contribution in [2.75, 3.05) is 19.1 Å². The van der Waals surface area contributed by atoms with Gasteiger partial charge in [0.05, 0.1) is 12.8 Å². The molecule has 1 atom stereocenters. The minimum absolute atomic E-state index is 0.355. The lowest BCUT2D eigenvalue weighted by atomic mass is 10.1. The van der Waals surface area contributed by atoms with Crippen LogP contribution in [0.5, 0.6) is 5.75 Å². The number of likely N-dealkylation sites (N-methyl/N-ethyl adjacent to an activating group) is 1. The summed E-state index contributed by atoms with van der Waals surface area (Å²) in [5.74, 6) is 0.274. The maximum Gasteiger partial charge on any atom is 0.255 e. The molecule has 1 unspecified atom stereocenters. The summed E-state index contributed by atoms with van der Waals surface area (Å²) in [6.45, 7) is 5.41. The molecule has 17 heavy (non-hydrogen) atoms. The molecule has 1 amide bonds. The molecule has 4 heteroatoms. The molecular weight excluding hydrogens is 218 g/mol. The van der Waals surface area contributed by atoms with Gasteiger partial charge in [-0.25, -0.2) is 0 Å². The van der Waals surface area contributed by atoms with Crippen molar-refractivity contribution in [1.29, 1.82) is 0 Å². The third-order valence-electron chi connectivity index (χ3n) is 2.84. The first-order valence-electron chi connectivity index (χ1n) is 5.49. The second-order valence-corrected chi connectivity index (χ2v) is 4.18. The van der Waals surface area contributed by atoms with E-state index in [0.29, 0.717) is 11.4 Å². The first kappa shape index (κ1) is 13.5. The molecule has 1 aromatic rings. The Bertz CT molecular complexity index is 427. The normalized spacial score (nSPS) is 12.1. The molecule has 0 aliphatic rings. The number of anilines is 1. The molecule has 1 rings (SSSR count). The van der Waals surface area contributed by atoms with E-state index in [-0.39, 0.29) is 5.91 Å². The Morgan fingerprint density at radius 2 is 1.88 bits per heavy atom. The van der Waals surface area contributed by atoms with Crippen LogP contribution >= 0.6 is 0 Å². The number of benzene rings is 1. The van der Waals surface area contributed by atoms with Crippen LogP contribution in [0.25, 0.3) is 0 Å². The average molecular weight is 237 g/mol. The third-order valence-corrected chi connectivity index (χ3v) is 2.84. The molecule has 1 N–H and O–H groups in total. The largest absolute Gasteiger partial charge is 0.495 e. The van der Waals surface area contributed by atoms with Crippen LogP contribution in [0.1, 0.15) is 18.1 Å². The Hall–Kier alpha value is -1.55. The highest BCUT2D eigenvalue weighted by Crippen LogP contribution is 2.30. The standard InChI is InChI=1S/C13H19NO3/c1-8-6-11(12(17-5)7-9(8)2)14(4)13(16)10(3)15/h6-7,10,15H,1-5H3. The molecule has 0 bridgehead atoms. The monoisotopic (exact) mass is 237 g/mol. The van der Waals surface area contributed by atoms with Gasteiger partial charge in [0.25, 0.3) is 5.91 Å². The minimum Gasteiger partial charge on any atom is -0.495 e. The molecular formula is C13H19NO3. The summed E-state index contributed by atoms with van der Waals surface area (Å²) < 4.78 is 5.26. The molecule has 0 spiro atoms. The smallest absolute Gasteiger partial charge is 0.255 e. The first-order chi connectivity index (χ1) is 7.88. The molecule has 0 aromatic heterocycles. The second kappa shape index (κ2) is 5.19. The predicted molar refractivity (Wildman–Crippen MR) is 67.6 cm³/mol. The summed E-state index contributed by atoms with van der Waals surface area (Å²) in [5.41, 5.74) is 2.84. The quantitative estimate of drug-likeness (QED) is 0.869. The summed E-state index contributed by atoms with van der Waals surface area (Å²) in [6.07, 6.45) is -1.02. The van der Waals surface area contributed by atoms with E-state index in [2.05, 4.69) is 0 Å². The van der Waals surface area contributed by atoms with E-state index in [1.807, 2.05) is 26.0 Å². The molecule has 0 aliphatic heterocycles. The lowest BCUT2D eigenvalue weighted by Crippen LogP contribution is -2.34. The molecule has 0 aliphatic carbocycles. The molecule has 1 aromatic carbocycles. The highest BCUT2D eigenvalue weighted by Gasteiger charge is 2.19. The number of carbonyl (C=O) groups excluding carboxylic acids is 1. The SMILES string of the molecule is COc1cc(C)c(C)cc1N(C)C(=O)C(C)O. The van der Waals surface area contributed by atoms with Crippen molar-refractivity contribution >= 4 is 11.6 Å². The van der Waals surface area contributed by atoms with Gasteiger partial charge in [-0.1, -0.05) is 0 Å². The molecule has 0 fully saturated rings. The zero-order valence-corrected chi connectivity index (χ0v) is 10.9. The van der Waals surface area contributed by atoms with Crippen LogP contribution in [0.3, 0.4) is 0 Å². The van der Waals surface area contributed by atoms with Crippen LogP contribution in [-0.2, 0) is 4.79 Å². The van der Waals surface area contributed by atoms with Gasteiger partial charge in [0, 0.05) is 7.05 Å². The Morgan fingerprint density at radius 1 is 1.35 bits per heavy atom. The zero-order valence-electron chi connectivity index (χ0n) is 10.9. The van der Waals surface area contributed by atoms with Crippen molar-refractivity contribution in [2.45, 2.75) is 26.9 Å². The fourth-order valence-corrected chi connectivity index (χ4v) is 1.60. The van der Waals surface area contributed by atoms with E-state index in [0.717, 1.165) is 11.1 Å². The highest BCUT2D eigenvalue weighted by molar-refractivity contribution is 5.97. The van der Waals surface area contributed by atoms with E-state index in [1.165, 1.54) is 11.8 Å². The van der Waals surface area contributed by atoms with Gasteiger partial charge in [0.1, 0.15) is 11.9 Å². The Morgan fingerprint density at radius 3 is 2.35 bits per heavy atom. The molecule has 0 heterocycles. The summed E-state index contributed by atoms with van der Waals surface area (Å²) in [6, 6.07) is 3.77. The van der Waals surface area contributed by atoms with E-state index in [9.17, 15) is 9.90 Å². The van der Waals surface area contributed by atoms with Gasteiger partial charge in [-0.2, -0.15) is 0 Å². The number of ether oxygens (including phenoxy) is 1. The van der Waals surface area contributed by atoms with E-state index < -0.39 is 6.10 Å². The van der Waals surface area contributed by atoms with Crippen LogP contribution in [0, 0.1) is 13.8 Å². The lowest BCUT2D eigenvalue weighted by Gasteiger charge is -2.22. The summed E-state index contributed by atoms with van der Waals surface area (Å²) in [4.78, 5) is 13.1. The zero-order chi connectivity index (χ0) is 13.2. The minimum atomic E-state index is -1.02. The number of aryl methyl sites for hydroxylation is 2. The van der Waals surface area contributed by atoms with Crippen molar-refractivity contribution in [3.63, 3.8) is 0 Å². The van der Waals surface area contributed by atoms with Crippen LogP contribution in [0.2, 0.25) is 0 Å². The number of methoxy groups -OCH3 is 1. The van der Waals surface area contributed by atoms with E-state index in [4.69, 9.17) is 4.74 Å². The van der Waals surface area contributed by atoms with Crippen LogP contribution in [-0.4, -0.2) is 31.3 Å². The molecule has 0 saturated carbocycles. The van der Waals surface area contributed by atoms with Crippen molar-refractivity contribution in [3.05, 3.63) is 23.3 Å². The van der Waals surface area contributed by atoms with Gasteiger partial charge in [-0.05, 0) is 44.0 Å². The van der Waals surface area contributed by atoms with E-state index in [1.54, 1.807) is 14.2 Å². The summed E-state index contributed by atoms with van der Waals surface area (Å²) >= 11 is 0. The van der Waals surface area contributed by atoms with Crippen LogP contribution in [0.4, 0.5) is 5.69 Å². The molecule has 0 radical (unpaired) electrons. The lowest BCUT2D eigenvalue weighted by molar-refractivity contribution is -0.125. The maximum atomic E-state index is 11.7. The van der Waals surface area contributed by atoms with Gasteiger partial charge in [0.2, 0.25) is 0 Å². The number of hydrogen-bond acceptors (Lipinski definition) is 3. The Balaban J connectivity index is 3.21. The topological polar surface area (TPSA) is 49.8 Å². The fourth-order valence-electron chi connectivity index (χ4n) is 1.60. The first-order valence-corrected chi connectivity index (χ1v) is 5.49. The Kier molecular flexibility index (Phi) is 4.12. The molecule has 94 valence electrons. The molecule has 4 nitrogen and oxygen atoms in total. The van der Waals surface area contributed by atoms with Gasteiger partial charge in [0.15, 0.2) is 0 Å². The highest BCUT2D eigenvalue weighted by atomic mass is 16.5. The molecule has 0 saturated heterocycles. The number of nitrogens with zero attached hydrogens (tertiary/aromatic N) is 1. The van der Waals surface area contributed by atoms with Crippen molar-refractivity contribution < 1.29 is 14.6 Å². The Labute approximate surface area is 102 Å². The second-order valence-electron chi connectivity index (χ2n) is 4.18. The average Bonchev–Trinajstić information content (AvgIpc) is 2.29. The van der Waals surface area contributed by atoms with Gasteiger partial charge >= 0.3 is 0 Å². The van der Waals surface area contributed by atoms with E-state index >= 15 is 0 Å². The maximum absolute atomic E-state index is 11.7. The number of amides is 1. The number of hydrogen-bond donors (Lipinski definition) is 1. The predicted octanol–water partition coefficient (Wildman–Crippen LogP) is 1.66. The fraction of sp³-hybridized carbons (Fsp3) is 0.462. The van der Waals surface area contributed by atoms with Crippen molar-refractivity contribution in [3.8, 4) is 5.75 Å². The number of aliphatic hydroxyl groups excluding tert-OH is 1. The van der Waals surface area contributed by atoms with Crippen LogP contribution < -0.4 is 9.64 Å². The van der Waals surface area contributed by atoms with Gasteiger partial charge in [-0.3, -0.25) is 4.79 Å². The van der Waals surface area contributed by atoms with Gasteiger partial charge < -0.3 is 14.7 Å². The van der Waals surface area contributed by atoms with Gasteiger partial charge in [-0.15, -0.1) is 0 Å². The number of aliphatic hydroxyl groups is 1. The summed E-state index contributed by atoms with van der Waals surface area (Å²) in [5, 5.41) is 9.31. The third kappa shape index (κ3) is 2.77. The summed E-state index contributed by atoms with van der Waals surface area (Å²) in [7, 11) is 3.19. The van der Waals surface area contributed by atoms with Crippen molar-refractivity contribution in [2.24, 2.45) is 0 Å².